The topological polar surface area (TPSA) is 97.5 Å². The second-order valence-electron chi connectivity index (χ2n) is 2.55. The highest BCUT2D eigenvalue weighted by molar-refractivity contribution is 4.76. The molecular weight excluding hydrogens is 166 g/mol. The van der Waals surface area contributed by atoms with E-state index in [2.05, 4.69) is 4.84 Å². The summed E-state index contributed by atoms with van der Waals surface area (Å²) in [6.07, 6.45) is -1.34. The highest BCUT2D eigenvalue weighted by Gasteiger charge is 2.40. The molecule has 12 heavy (non-hydrogen) atoms. The maximum absolute atomic E-state index is 8.86. The van der Waals surface area contributed by atoms with Crippen molar-refractivity contribution in [2.45, 2.75) is 18.5 Å². The van der Waals surface area contributed by atoms with Gasteiger partial charge in [0.25, 0.3) is 0 Å². The van der Waals surface area contributed by atoms with Crippen LogP contribution in [-0.2, 0) is 14.3 Å². The minimum Gasteiger partial charge on any atom is -0.394 e. The van der Waals surface area contributed by atoms with Crippen LogP contribution in [-0.4, -0.2) is 48.5 Å². The summed E-state index contributed by atoms with van der Waals surface area (Å²) in [4.78, 5) is 4.31. The molecule has 3 atom stereocenters. The van der Waals surface area contributed by atoms with Crippen LogP contribution in [0.5, 0.6) is 0 Å². The quantitative estimate of drug-likeness (QED) is 0.321. The van der Waals surface area contributed by atoms with Crippen molar-refractivity contribution in [3.63, 3.8) is 0 Å². The van der Waals surface area contributed by atoms with Crippen LogP contribution in [0.2, 0.25) is 0 Å². The summed E-state index contributed by atoms with van der Waals surface area (Å²) in [5, 5.41) is 17.3. The number of aliphatic hydroxyl groups excluding tert-OH is 2. The van der Waals surface area contributed by atoms with Gasteiger partial charge in [0.05, 0.1) is 19.8 Å². The number of rotatable bonds is 6. The number of nitrogens with two attached hydrogens (primary N) is 1. The van der Waals surface area contributed by atoms with E-state index in [1.54, 1.807) is 0 Å². The average Bonchev–Trinajstić information content (AvgIpc) is 2.80. The van der Waals surface area contributed by atoms with Gasteiger partial charge in [-0.25, -0.2) is 5.90 Å². The fraction of sp³-hybridized carbons (Fsp3) is 1.00. The lowest BCUT2D eigenvalue weighted by molar-refractivity contribution is -0.0277. The van der Waals surface area contributed by atoms with E-state index in [1.807, 2.05) is 0 Å². The molecule has 0 spiro atoms. The summed E-state index contributed by atoms with van der Waals surface area (Å²) >= 11 is 0. The first kappa shape index (κ1) is 9.85. The molecule has 4 N–H and O–H groups in total. The molecule has 1 saturated heterocycles. The lowest BCUT2D eigenvalue weighted by Crippen LogP contribution is -2.21. The van der Waals surface area contributed by atoms with E-state index < -0.39 is 6.10 Å². The van der Waals surface area contributed by atoms with Crippen molar-refractivity contribution >= 4 is 0 Å². The average molecular weight is 179 g/mol. The van der Waals surface area contributed by atoms with E-state index in [1.165, 1.54) is 0 Å². The Morgan fingerprint density at radius 2 is 2.33 bits per heavy atom. The summed E-state index contributed by atoms with van der Waals surface area (Å²) in [5.41, 5.74) is 0. The Balaban J connectivity index is 1.96. The van der Waals surface area contributed by atoms with Crippen molar-refractivity contribution < 1.29 is 24.5 Å². The zero-order chi connectivity index (χ0) is 8.97. The third-order valence-corrected chi connectivity index (χ3v) is 1.46. The second kappa shape index (κ2) is 4.70. The molecule has 3 unspecified atom stereocenters. The molecule has 0 aromatic carbocycles. The van der Waals surface area contributed by atoms with Crippen molar-refractivity contribution in [3.8, 4) is 0 Å². The normalized spacial score (nSPS) is 30.2. The van der Waals surface area contributed by atoms with E-state index in [4.69, 9.17) is 25.6 Å². The van der Waals surface area contributed by atoms with Crippen LogP contribution in [0.25, 0.3) is 0 Å². The third-order valence-electron chi connectivity index (χ3n) is 1.46. The molecule has 0 saturated carbocycles. The van der Waals surface area contributed by atoms with Gasteiger partial charge >= 0.3 is 0 Å². The van der Waals surface area contributed by atoms with Crippen molar-refractivity contribution in [1.82, 2.24) is 0 Å². The Labute approximate surface area is 69.8 Å². The largest absolute Gasteiger partial charge is 0.394 e. The molecule has 0 aromatic heterocycles. The lowest BCUT2D eigenvalue weighted by atomic mass is 10.4. The molecule has 0 aliphatic carbocycles. The van der Waals surface area contributed by atoms with Gasteiger partial charge in [-0.2, -0.15) is 0 Å². The Bertz CT molecular complexity index is 133. The van der Waals surface area contributed by atoms with E-state index >= 15 is 0 Å². The predicted molar refractivity (Wildman–Crippen MR) is 37.8 cm³/mol. The summed E-state index contributed by atoms with van der Waals surface area (Å²) < 4.78 is 9.94. The van der Waals surface area contributed by atoms with Crippen molar-refractivity contribution in [3.05, 3.63) is 0 Å². The Kier molecular flexibility index (Phi) is 3.86. The molecule has 0 amide bonds. The predicted octanol–water partition coefficient (Wildman–Crippen LogP) is -2.03. The highest BCUT2D eigenvalue weighted by atomic mass is 16.8. The van der Waals surface area contributed by atoms with Crippen LogP contribution in [0.15, 0.2) is 0 Å². The van der Waals surface area contributed by atoms with Crippen molar-refractivity contribution in [2.75, 3.05) is 19.8 Å². The van der Waals surface area contributed by atoms with Gasteiger partial charge in [0.2, 0.25) is 0 Å². The Morgan fingerprint density at radius 1 is 1.58 bits per heavy atom. The van der Waals surface area contributed by atoms with Gasteiger partial charge in [-0.05, 0) is 0 Å². The highest BCUT2D eigenvalue weighted by Crippen LogP contribution is 2.22. The molecule has 6 heteroatoms. The Hall–Kier alpha value is -0.240. The smallest absolute Gasteiger partial charge is 0.186 e. The van der Waals surface area contributed by atoms with E-state index in [0.717, 1.165) is 0 Å². The van der Waals surface area contributed by atoms with Crippen LogP contribution < -0.4 is 5.90 Å². The van der Waals surface area contributed by atoms with E-state index in [0.29, 0.717) is 0 Å². The van der Waals surface area contributed by atoms with Gasteiger partial charge in [-0.1, -0.05) is 0 Å². The summed E-state index contributed by atoms with van der Waals surface area (Å²) in [6.45, 7) is 0.0207. The van der Waals surface area contributed by atoms with E-state index in [9.17, 15) is 0 Å². The van der Waals surface area contributed by atoms with Gasteiger partial charge in [0.1, 0.15) is 12.2 Å². The van der Waals surface area contributed by atoms with Crippen LogP contribution in [0, 0.1) is 0 Å². The van der Waals surface area contributed by atoms with Gasteiger partial charge in [-0.3, -0.25) is 0 Å². The van der Waals surface area contributed by atoms with E-state index in [-0.39, 0.29) is 32.2 Å². The fourth-order valence-electron chi connectivity index (χ4n) is 0.745. The number of hydrogen-bond acceptors (Lipinski definition) is 6. The molecular formula is C6H13NO5. The number of ether oxygens (including phenoxy) is 2. The van der Waals surface area contributed by atoms with Gasteiger partial charge in [0.15, 0.2) is 6.29 Å². The minimum atomic E-state index is -0.853. The second-order valence-corrected chi connectivity index (χ2v) is 2.55. The van der Waals surface area contributed by atoms with Gasteiger partial charge < -0.3 is 24.5 Å². The maximum Gasteiger partial charge on any atom is 0.186 e. The molecule has 72 valence electrons. The first-order valence-corrected chi connectivity index (χ1v) is 3.65. The molecule has 1 rings (SSSR count). The van der Waals surface area contributed by atoms with Crippen LogP contribution in [0.3, 0.4) is 0 Å². The van der Waals surface area contributed by atoms with Crippen LogP contribution in [0.4, 0.5) is 0 Å². The molecule has 1 aliphatic heterocycles. The molecule has 0 radical (unpaired) electrons. The zero-order valence-electron chi connectivity index (χ0n) is 6.55. The minimum absolute atomic E-state index is 0.0578. The number of hydrogen-bond donors (Lipinski definition) is 3. The Morgan fingerprint density at radius 3 is 2.92 bits per heavy atom. The first-order chi connectivity index (χ1) is 5.77. The van der Waals surface area contributed by atoms with Gasteiger partial charge in [0, 0.05) is 0 Å². The monoisotopic (exact) mass is 179 g/mol. The van der Waals surface area contributed by atoms with Crippen molar-refractivity contribution in [1.29, 1.82) is 0 Å². The molecule has 6 nitrogen and oxygen atoms in total. The van der Waals surface area contributed by atoms with Gasteiger partial charge in [-0.15, -0.1) is 0 Å². The van der Waals surface area contributed by atoms with Crippen LogP contribution in [0.1, 0.15) is 0 Å². The molecule has 1 heterocycles. The third kappa shape index (κ3) is 3.02. The summed E-state index contributed by atoms with van der Waals surface area (Å²) in [7, 11) is 0. The molecule has 0 aromatic rings. The van der Waals surface area contributed by atoms with Crippen LogP contribution >= 0.6 is 0 Å². The zero-order valence-corrected chi connectivity index (χ0v) is 6.55. The summed E-state index contributed by atoms with van der Waals surface area (Å²) in [6, 6.07) is 0. The molecule has 1 fully saturated rings. The number of epoxide rings is 1. The number of aliphatic hydroxyl groups is 2. The standard InChI is InChI=1S/C6H13NO5/c7-11-3-5-6(12-5)10-2-4(9)1-8/h4-6,8-9H,1-3,7H2. The maximum atomic E-state index is 8.86. The fourth-order valence-corrected chi connectivity index (χ4v) is 0.745. The van der Waals surface area contributed by atoms with Crippen molar-refractivity contribution in [2.24, 2.45) is 5.90 Å². The molecule has 1 aliphatic rings. The molecule has 0 bridgehead atoms. The SMILES string of the molecule is NOCC1OC1OCC(O)CO. The first-order valence-electron chi connectivity index (χ1n) is 3.65. The lowest BCUT2D eigenvalue weighted by Gasteiger charge is -2.05. The summed E-state index contributed by atoms with van der Waals surface area (Å²) in [5.74, 6) is 4.79.